The van der Waals surface area contributed by atoms with E-state index in [1.807, 2.05) is 47.0 Å². The Morgan fingerprint density at radius 3 is 2.20 bits per heavy atom. The van der Waals surface area contributed by atoms with Crippen molar-refractivity contribution in [1.29, 1.82) is 0 Å². The molecular formula is C35H51Br2NO6Si2. The normalized spacial score (nSPS) is 12.3. The van der Waals surface area contributed by atoms with E-state index in [9.17, 15) is 4.79 Å². The Hall–Kier alpha value is -1.90. The number of benzene rings is 2. The Labute approximate surface area is 294 Å². The summed E-state index contributed by atoms with van der Waals surface area (Å²) in [7, 11) is -1.67. The van der Waals surface area contributed by atoms with Crippen molar-refractivity contribution in [1.82, 2.24) is 4.57 Å². The maximum absolute atomic E-state index is 13.3. The van der Waals surface area contributed by atoms with Gasteiger partial charge in [0, 0.05) is 26.9 Å². The van der Waals surface area contributed by atoms with Crippen LogP contribution in [0.5, 0.6) is 11.5 Å². The molecule has 0 aliphatic heterocycles. The molecule has 0 spiro atoms. The van der Waals surface area contributed by atoms with Crippen LogP contribution < -0.4 is 9.47 Å². The smallest absolute Gasteiger partial charge is 0.356 e. The summed E-state index contributed by atoms with van der Waals surface area (Å²) in [5.41, 5.74) is 4.14. The van der Waals surface area contributed by atoms with Crippen LogP contribution in [0.1, 0.15) is 49.3 Å². The summed E-state index contributed by atoms with van der Waals surface area (Å²) in [5, 5.41) is 0.0874. The van der Waals surface area contributed by atoms with Crippen molar-refractivity contribution in [2.24, 2.45) is 0 Å². The van der Waals surface area contributed by atoms with Gasteiger partial charge in [-0.2, -0.15) is 0 Å². The Morgan fingerprint density at radius 2 is 1.61 bits per heavy atom. The van der Waals surface area contributed by atoms with E-state index in [-0.39, 0.29) is 18.4 Å². The molecule has 3 aromatic rings. The van der Waals surface area contributed by atoms with Gasteiger partial charge in [0.2, 0.25) is 0 Å². The topological polar surface area (TPSA) is 68.2 Å². The summed E-state index contributed by atoms with van der Waals surface area (Å²) >= 11 is 7.51. The second-order valence-electron chi connectivity index (χ2n) is 14.1. The number of carbonyl (C=O) groups excluding carboxylic acids is 1. The van der Waals surface area contributed by atoms with Gasteiger partial charge >= 0.3 is 5.97 Å². The molecule has 1 aromatic heterocycles. The summed E-state index contributed by atoms with van der Waals surface area (Å²) in [6.07, 6.45) is 0.633. The minimum Gasteiger partial charge on any atom is -0.493 e. The molecule has 46 heavy (non-hydrogen) atoms. The monoisotopic (exact) mass is 795 g/mol. The van der Waals surface area contributed by atoms with E-state index >= 15 is 0 Å². The van der Waals surface area contributed by atoms with Crippen molar-refractivity contribution in [3.8, 4) is 22.8 Å². The van der Waals surface area contributed by atoms with Gasteiger partial charge in [-0.05, 0) is 92.6 Å². The van der Waals surface area contributed by atoms with Gasteiger partial charge in [-0.3, -0.25) is 0 Å². The zero-order valence-corrected chi connectivity index (χ0v) is 34.3. The van der Waals surface area contributed by atoms with E-state index in [4.69, 9.17) is 23.4 Å². The zero-order chi connectivity index (χ0) is 34.3. The third-order valence-electron chi connectivity index (χ3n) is 8.36. The van der Waals surface area contributed by atoms with Gasteiger partial charge in [-0.15, -0.1) is 0 Å². The fraction of sp³-hybridized carbons (Fsp3) is 0.514. The molecule has 0 saturated carbocycles. The number of ether oxygens (including phenoxy) is 4. The van der Waals surface area contributed by atoms with Crippen molar-refractivity contribution in [2.45, 2.75) is 91.3 Å². The number of hydrogen-bond donors (Lipinski definition) is 0. The van der Waals surface area contributed by atoms with Crippen molar-refractivity contribution < 1.29 is 28.2 Å². The maximum Gasteiger partial charge on any atom is 0.356 e. The van der Waals surface area contributed by atoms with Crippen LogP contribution in [0.4, 0.5) is 0 Å². The minimum atomic E-state index is -1.99. The number of aromatic nitrogens is 1. The molecule has 254 valence electrons. The van der Waals surface area contributed by atoms with Crippen LogP contribution in [0.2, 0.25) is 43.8 Å². The molecule has 0 saturated heterocycles. The van der Waals surface area contributed by atoms with Gasteiger partial charge in [0.15, 0.2) is 19.8 Å². The Kier molecular flexibility index (Phi) is 13.8. The van der Waals surface area contributed by atoms with Crippen LogP contribution in [0.15, 0.2) is 51.4 Å². The van der Waals surface area contributed by atoms with E-state index in [0.29, 0.717) is 47.9 Å². The van der Waals surface area contributed by atoms with Crippen LogP contribution in [0.3, 0.4) is 0 Å². The van der Waals surface area contributed by atoms with Crippen LogP contribution >= 0.6 is 31.9 Å². The average Bonchev–Trinajstić information content (AvgIpc) is 3.22. The van der Waals surface area contributed by atoms with Crippen LogP contribution in [0, 0.1) is 0 Å². The van der Waals surface area contributed by atoms with Crippen molar-refractivity contribution in [2.75, 3.05) is 26.9 Å². The van der Waals surface area contributed by atoms with Gasteiger partial charge in [-0.25, -0.2) is 4.79 Å². The molecule has 0 aliphatic carbocycles. The SMILES string of the molecule is CCOC(=O)c1c(Br)c(Br)c(-c2cc(OC)c(OCc3ccccc3)cc2CCO[Si](C)(C)C(C)(C)C)n1COCC[Si](C)(C)C. The first-order valence-corrected chi connectivity index (χ1v) is 24.0. The molecule has 0 bridgehead atoms. The number of carbonyl (C=O) groups is 1. The largest absolute Gasteiger partial charge is 0.493 e. The molecule has 3 rings (SSSR count). The predicted octanol–water partition coefficient (Wildman–Crippen LogP) is 10.3. The van der Waals surface area contributed by atoms with Crippen molar-refractivity contribution in [3.63, 3.8) is 0 Å². The molecule has 0 aliphatic rings. The van der Waals surface area contributed by atoms with Crippen LogP contribution in [0.25, 0.3) is 11.3 Å². The van der Waals surface area contributed by atoms with Gasteiger partial charge < -0.3 is 27.9 Å². The highest BCUT2D eigenvalue weighted by Crippen LogP contribution is 2.45. The summed E-state index contributed by atoms with van der Waals surface area (Å²) in [6, 6.07) is 15.1. The third kappa shape index (κ3) is 10.1. The van der Waals surface area contributed by atoms with E-state index < -0.39 is 22.4 Å². The third-order valence-corrected chi connectivity index (χ3v) is 16.7. The number of rotatable bonds is 16. The van der Waals surface area contributed by atoms with Crippen molar-refractivity contribution >= 4 is 54.2 Å². The van der Waals surface area contributed by atoms with E-state index in [0.717, 1.165) is 32.9 Å². The average molecular weight is 798 g/mol. The first-order chi connectivity index (χ1) is 21.5. The number of hydrogen-bond acceptors (Lipinski definition) is 6. The van der Waals surface area contributed by atoms with E-state index in [2.05, 4.69) is 85.4 Å². The summed E-state index contributed by atoms with van der Waals surface area (Å²) in [6.45, 7) is 22.0. The summed E-state index contributed by atoms with van der Waals surface area (Å²) in [4.78, 5) is 13.3. The molecule has 0 fully saturated rings. The molecule has 0 radical (unpaired) electrons. The molecule has 0 amide bonds. The molecule has 2 aromatic carbocycles. The lowest BCUT2D eigenvalue weighted by molar-refractivity contribution is 0.0473. The lowest BCUT2D eigenvalue weighted by atomic mass is 10.0. The molecule has 11 heteroatoms. The summed E-state index contributed by atoms with van der Waals surface area (Å²) in [5.74, 6) is 0.809. The van der Waals surface area contributed by atoms with Gasteiger partial charge in [0.05, 0.1) is 28.4 Å². The lowest BCUT2D eigenvalue weighted by Crippen LogP contribution is -2.41. The minimum absolute atomic E-state index is 0.0874. The van der Waals surface area contributed by atoms with Gasteiger partial charge in [0.1, 0.15) is 19.0 Å². The number of halogens is 2. The molecule has 7 nitrogen and oxygen atoms in total. The molecule has 1 heterocycles. The van der Waals surface area contributed by atoms with E-state index in [1.165, 1.54) is 0 Å². The molecular weight excluding hydrogens is 746 g/mol. The maximum atomic E-state index is 13.3. The predicted molar refractivity (Wildman–Crippen MR) is 200 cm³/mol. The molecule has 0 unspecified atom stereocenters. The Morgan fingerprint density at radius 1 is 0.935 bits per heavy atom. The number of esters is 1. The quantitative estimate of drug-likeness (QED) is 0.0817. The summed E-state index contributed by atoms with van der Waals surface area (Å²) < 4.78 is 33.8. The second kappa shape index (κ2) is 16.5. The van der Waals surface area contributed by atoms with E-state index in [1.54, 1.807) is 14.0 Å². The number of methoxy groups -OCH3 is 1. The zero-order valence-electron chi connectivity index (χ0n) is 29.1. The second-order valence-corrected chi connectivity index (χ2v) is 26.1. The lowest BCUT2D eigenvalue weighted by Gasteiger charge is -2.36. The fourth-order valence-electron chi connectivity index (χ4n) is 4.55. The Balaban J connectivity index is 2.16. The molecule has 0 N–H and O–H groups in total. The highest BCUT2D eigenvalue weighted by molar-refractivity contribution is 9.13. The van der Waals surface area contributed by atoms with Crippen LogP contribution in [-0.4, -0.2) is 53.9 Å². The standard InChI is InChI=1S/C35H51Br2NO6Si2/c1-11-42-34(39)33-31(37)30(36)32(38(33)24-41-19-20-45(6,7)8)27-22-28(40-5)29(43-23-25-15-13-12-14-16-25)21-26(27)17-18-44-46(9,10)35(2,3)4/h12-16,21-22H,11,17-20,23-24H2,1-10H3. The highest BCUT2D eigenvalue weighted by Gasteiger charge is 2.37. The van der Waals surface area contributed by atoms with Crippen LogP contribution in [-0.2, 0) is 33.7 Å². The first kappa shape index (κ1) is 38.6. The van der Waals surface area contributed by atoms with Gasteiger partial charge in [0.25, 0.3) is 0 Å². The first-order valence-electron chi connectivity index (χ1n) is 15.8. The molecule has 0 atom stereocenters. The van der Waals surface area contributed by atoms with Crippen molar-refractivity contribution in [3.05, 3.63) is 68.2 Å². The highest BCUT2D eigenvalue weighted by atomic mass is 79.9. The fourth-order valence-corrected chi connectivity index (χ4v) is 7.53. The number of nitrogens with zero attached hydrogens (tertiary/aromatic N) is 1. The Bertz CT molecular complexity index is 1460. The van der Waals surface area contributed by atoms with Gasteiger partial charge in [-0.1, -0.05) is 70.7 Å².